The van der Waals surface area contributed by atoms with Crippen LogP contribution in [0.2, 0.25) is 0 Å². The van der Waals surface area contributed by atoms with Gasteiger partial charge in [-0.2, -0.15) is 0 Å². The molecule has 1 aromatic heterocycles. The van der Waals surface area contributed by atoms with Crippen molar-refractivity contribution in [2.75, 3.05) is 0 Å². The molecule has 0 atom stereocenters. The topological polar surface area (TPSA) is 47.9 Å². The van der Waals surface area contributed by atoms with Crippen LogP contribution in [0.5, 0.6) is 5.75 Å². The smallest absolute Gasteiger partial charge is 0.164 e. The Morgan fingerprint density at radius 2 is 0.808 bits per heavy atom. The van der Waals surface area contributed by atoms with Crippen LogP contribution >= 0.6 is 0 Å². The Bertz CT molecular complexity index is 2550. The van der Waals surface area contributed by atoms with Crippen molar-refractivity contribution in [1.82, 2.24) is 15.0 Å². The molecule has 6 heteroatoms. The van der Waals surface area contributed by atoms with Gasteiger partial charge in [0.25, 0.3) is 0 Å². The second kappa shape index (κ2) is 13.0. The van der Waals surface area contributed by atoms with Crippen LogP contribution in [-0.4, -0.2) is 30.6 Å². The molecule has 9 rings (SSSR count). The summed E-state index contributed by atoms with van der Waals surface area (Å²) in [5.41, 5.74) is 11.9. The summed E-state index contributed by atoms with van der Waals surface area (Å²) in [4.78, 5) is 15.1. The number of hydrogen-bond acceptors (Lipinski definition) is 4. The fourth-order valence-electron chi connectivity index (χ4n) is 6.89. The average molecular weight is 661 g/mol. The lowest BCUT2D eigenvalue weighted by Gasteiger charge is -2.37. The van der Waals surface area contributed by atoms with E-state index in [2.05, 4.69) is 91.0 Å². The van der Waals surface area contributed by atoms with Crippen LogP contribution in [0, 0.1) is 0 Å². The standard InChI is InChI=1S/C46H29B2N3O/c47-46(48)40-19-8-7-17-39(40)42-38(18-10-20-41(42)52-46)33-23-27-35(28-24-33)44-49-43(34-25-21-32(22-26-34)30-11-3-1-4-12-30)50-45(51-44)37-16-9-15-36(29-37)31-13-5-2-6-14-31/h1-29H. The molecule has 52 heavy (non-hydrogen) atoms. The number of fused-ring (bicyclic) bond motifs is 3. The van der Waals surface area contributed by atoms with Crippen molar-refractivity contribution in [1.29, 1.82) is 0 Å². The average Bonchev–Trinajstić information content (AvgIpc) is 3.21. The van der Waals surface area contributed by atoms with E-state index in [4.69, 9.17) is 35.4 Å². The first-order chi connectivity index (χ1) is 25.5. The zero-order valence-electron chi connectivity index (χ0n) is 28.1. The lowest BCUT2D eigenvalue weighted by atomic mass is 9.58. The Morgan fingerprint density at radius 1 is 0.365 bits per heavy atom. The fraction of sp³-hybridized carbons (Fsp3) is 0.0217. The maximum Gasteiger partial charge on any atom is 0.164 e. The first-order valence-electron chi connectivity index (χ1n) is 17.2. The molecule has 0 bridgehead atoms. The first kappa shape index (κ1) is 31.5. The van der Waals surface area contributed by atoms with Crippen LogP contribution in [0.15, 0.2) is 176 Å². The quantitative estimate of drug-likeness (QED) is 0.167. The summed E-state index contributed by atoms with van der Waals surface area (Å²) in [6, 6.07) is 59.5. The van der Waals surface area contributed by atoms with Gasteiger partial charge in [-0.1, -0.05) is 164 Å². The first-order valence-corrected chi connectivity index (χ1v) is 17.2. The van der Waals surface area contributed by atoms with E-state index >= 15 is 0 Å². The Hall–Kier alpha value is -6.52. The number of nitrogens with zero attached hydrogens (tertiary/aromatic N) is 3. The molecule has 7 aromatic carbocycles. The lowest BCUT2D eigenvalue weighted by Crippen LogP contribution is -2.37. The van der Waals surface area contributed by atoms with Crippen LogP contribution < -0.4 is 4.74 Å². The minimum absolute atomic E-state index is 0.587. The van der Waals surface area contributed by atoms with Crippen molar-refractivity contribution in [3.8, 4) is 84.4 Å². The van der Waals surface area contributed by atoms with Crippen molar-refractivity contribution in [2.24, 2.45) is 0 Å². The van der Waals surface area contributed by atoms with E-state index in [1.165, 1.54) is 0 Å². The highest BCUT2D eigenvalue weighted by Gasteiger charge is 2.32. The summed E-state index contributed by atoms with van der Waals surface area (Å²) in [5.74, 6) is 2.44. The summed E-state index contributed by atoms with van der Waals surface area (Å²) in [6.07, 6.45) is 0. The van der Waals surface area contributed by atoms with E-state index in [0.717, 1.165) is 66.8 Å². The summed E-state index contributed by atoms with van der Waals surface area (Å²) in [6.45, 7) is 0. The molecule has 4 radical (unpaired) electrons. The highest BCUT2D eigenvalue weighted by molar-refractivity contribution is 6.40. The normalized spacial score (nSPS) is 12.7. The third-order valence-corrected chi connectivity index (χ3v) is 9.49. The van der Waals surface area contributed by atoms with Crippen molar-refractivity contribution < 1.29 is 4.74 Å². The van der Waals surface area contributed by atoms with Crippen LogP contribution in [0.1, 0.15) is 5.56 Å². The van der Waals surface area contributed by atoms with Gasteiger partial charge in [-0.25, -0.2) is 15.0 Å². The molecule has 0 aliphatic carbocycles. The molecular weight excluding hydrogens is 632 g/mol. The largest absolute Gasteiger partial charge is 0.502 e. The molecule has 4 nitrogen and oxygen atoms in total. The van der Waals surface area contributed by atoms with Crippen LogP contribution in [0.25, 0.3) is 78.7 Å². The predicted octanol–water partition coefficient (Wildman–Crippen LogP) is 10.4. The van der Waals surface area contributed by atoms with E-state index in [9.17, 15) is 0 Å². The Labute approximate surface area is 305 Å². The van der Waals surface area contributed by atoms with E-state index in [0.29, 0.717) is 23.2 Å². The van der Waals surface area contributed by atoms with Gasteiger partial charge in [-0.05, 0) is 56.6 Å². The predicted molar refractivity (Wildman–Crippen MR) is 212 cm³/mol. The zero-order valence-corrected chi connectivity index (χ0v) is 28.1. The highest BCUT2D eigenvalue weighted by atomic mass is 16.5. The molecule has 240 valence electrons. The second-order valence-corrected chi connectivity index (χ2v) is 12.9. The van der Waals surface area contributed by atoms with E-state index in [-0.39, 0.29) is 0 Å². The zero-order chi connectivity index (χ0) is 35.1. The summed E-state index contributed by atoms with van der Waals surface area (Å²) in [7, 11) is 12.8. The SMILES string of the molecule is [B]C1([B])Oc2cccc(-c3ccc(-c4nc(-c5ccc(-c6ccccc6)cc5)nc(-c5cccc(-c6ccccc6)c5)n4)cc3)c2-c2ccccc21. The molecule has 0 amide bonds. The Balaban J connectivity index is 1.13. The van der Waals surface area contributed by atoms with Crippen LogP contribution in [0.4, 0.5) is 0 Å². The molecule has 1 aliphatic heterocycles. The van der Waals surface area contributed by atoms with Gasteiger partial charge in [0.15, 0.2) is 17.5 Å². The monoisotopic (exact) mass is 661 g/mol. The summed E-state index contributed by atoms with van der Waals surface area (Å²) in [5, 5.41) is -1.41. The van der Waals surface area contributed by atoms with Crippen LogP contribution in [0.3, 0.4) is 0 Å². The number of benzene rings is 7. The molecule has 0 saturated heterocycles. The molecule has 2 heterocycles. The minimum Gasteiger partial charge on any atom is -0.502 e. The Kier molecular flexibility index (Phi) is 7.85. The van der Waals surface area contributed by atoms with Crippen molar-refractivity contribution >= 4 is 15.7 Å². The second-order valence-electron chi connectivity index (χ2n) is 12.9. The maximum absolute atomic E-state index is 6.39. The third kappa shape index (κ3) is 5.88. The van der Waals surface area contributed by atoms with Gasteiger partial charge >= 0.3 is 0 Å². The fourth-order valence-corrected chi connectivity index (χ4v) is 6.89. The molecule has 0 saturated carbocycles. The highest BCUT2D eigenvalue weighted by Crippen LogP contribution is 2.47. The van der Waals surface area contributed by atoms with Crippen molar-refractivity contribution in [2.45, 2.75) is 5.40 Å². The molecular formula is C46H29B2N3O. The lowest BCUT2D eigenvalue weighted by molar-refractivity contribution is 0.241. The maximum atomic E-state index is 6.39. The number of hydrogen-bond donors (Lipinski definition) is 0. The molecule has 0 fully saturated rings. The van der Waals surface area contributed by atoms with Gasteiger partial charge in [0, 0.05) is 22.3 Å². The van der Waals surface area contributed by atoms with Gasteiger partial charge in [-0.3, -0.25) is 0 Å². The van der Waals surface area contributed by atoms with Gasteiger partial charge in [0.05, 0.1) is 5.40 Å². The van der Waals surface area contributed by atoms with Gasteiger partial charge < -0.3 is 4.74 Å². The van der Waals surface area contributed by atoms with E-state index in [1.54, 1.807) is 0 Å². The van der Waals surface area contributed by atoms with Crippen LogP contribution in [-0.2, 0) is 5.40 Å². The molecule has 0 unspecified atom stereocenters. The summed E-state index contributed by atoms with van der Waals surface area (Å²) >= 11 is 0. The van der Waals surface area contributed by atoms with Crippen molar-refractivity contribution in [3.63, 3.8) is 0 Å². The van der Waals surface area contributed by atoms with E-state index in [1.807, 2.05) is 84.9 Å². The number of rotatable bonds is 6. The Morgan fingerprint density at radius 3 is 1.46 bits per heavy atom. The van der Waals surface area contributed by atoms with Gasteiger partial charge in [0.2, 0.25) is 0 Å². The minimum atomic E-state index is -1.41. The molecule has 1 aliphatic rings. The molecule has 0 N–H and O–H groups in total. The molecule has 0 spiro atoms. The van der Waals surface area contributed by atoms with Gasteiger partial charge in [0.1, 0.15) is 21.4 Å². The van der Waals surface area contributed by atoms with Crippen molar-refractivity contribution in [3.05, 3.63) is 181 Å². The number of ether oxygens (including phenoxy) is 1. The van der Waals surface area contributed by atoms with Gasteiger partial charge in [-0.15, -0.1) is 0 Å². The molecule has 8 aromatic rings. The number of aromatic nitrogens is 3. The summed E-state index contributed by atoms with van der Waals surface area (Å²) < 4.78 is 6.11. The third-order valence-electron chi connectivity index (χ3n) is 9.49. The van der Waals surface area contributed by atoms with E-state index < -0.39 is 5.40 Å².